The topological polar surface area (TPSA) is 50.8 Å². The van der Waals surface area contributed by atoms with E-state index in [9.17, 15) is 4.79 Å². The van der Waals surface area contributed by atoms with Gasteiger partial charge >= 0.3 is 6.09 Å². The van der Waals surface area contributed by atoms with Crippen molar-refractivity contribution in [3.63, 3.8) is 0 Å². The Labute approximate surface area is 129 Å². The number of amides is 1. The van der Waals surface area contributed by atoms with Crippen molar-refractivity contribution in [3.05, 3.63) is 0 Å². The van der Waals surface area contributed by atoms with Gasteiger partial charge in [-0.15, -0.1) is 0 Å². The van der Waals surface area contributed by atoms with Gasteiger partial charge in [0.25, 0.3) is 0 Å². The molecule has 1 N–H and O–H groups in total. The predicted octanol–water partition coefficient (Wildman–Crippen LogP) is 2.79. The van der Waals surface area contributed by atoms with E-state index >= 15 is 0 Å². The molecular weight excluding hydrogens is 268 g/mol. The Kier molecular flexibility index (Phi) is 7.46. The Morgan fingerprint density at radius 2 is 1.95 bits per heavy atom. The third-order valence-corrected chi connectivity index (χ3v) is 3.66. The molecule has 2 atom stereocenters. The highest BCUT2D eigenvalue weighted by molar-refractivity contribution is 5.68. The minimum Gasteiger partial charge on any atom is -0.444 e. The molecule has 0 aromatic heterocycles. The number of unbranched alkanes of at least 4 members (excludes halogenated alkanes) is 3. The molecular formula is C16H32N2O3. The molecule has 1 saturated heterocycles. The molecule has 1 rings (SSSR count). The van der Waals surface area contributed by atoms with Gasteiger partial charge < -0.3 is 19.7 Å². The summed E-state index contributed by atoms with van der Waals surface area (Å²) in [5.74, 6) is 0. The lowest BCUT2D eigenvalue weighted by Crippen LogP contribution is -2.41. The number of nitrogens with zero attached hydrogens (tertiary/aromatic N) is 1. The number of nitrogens with one attached hydrogen (secondary N) is 1. The van der Waals surface area contributed by atoms with E-state index in [1.807, 2.05) is 20.8 Å². The maximum Gasteiger partial charge on any atom is 0.410 e. The first kappa shape index (κ1) is 18.2. The second kappa shape index (κ2) is 8.59. The van der Waals surface area contributed by atoms with Gasteiger partial charge in [-0.05, 0) is 33.7 Å². The highest BCUT2D eigenvalue weighted by atomic mass is 16.6. The van der Waals surface area contributed by atoms with Crippen LogP contribution < -0.4 is 5.32 Å². The van der Waals surface area contributed by atoms with Gasteiger partial charge in [-0.25, -0.2) is 4.79 Å². The van der Waals surface area contributed by atoms with Crippen LogP contribution in [0.25, 0.3) is 0 Å². The first-order valence-corrected chi connectivity index (χ1v) is 8.11. The third-order valence-electron chi connectivity index (χ3n) is 3.66. The quantitative estimate of drug-likeness (QED) is 0.735. The Bertz CT molecular complexity index is 315. The van der Waals surface area contributed by atoms with Crippen LogP contribution in [0, 0.1) is 0 Å². The summed E-state index contributed by atoms with van der Waals surface area (Å²) >= 11 is 0. The summed E-state index contributed by atoms with van der Waals surface area (Å²) in [4.78, 5) is 13.8. The van der Waals surface area contributed by atoms with Crippen molar-refractivity contribution in [2.24, 2.45) is 0 Å². The fourth-order valence-electron chi connectivity index (χ4n) is 2.52. The van der Waals surface area contributed by atoms with Gasteiger partial charge in [0.15, 0.2) is 0 Å². The zero-order chi connectivity index (χ0) is 15.9. The van der Waals surface area contributed by atoms with E-state index in [4.69, 9.17) is 9.47 Å². The molecule has 5 nitrogen and oxygen atoms in total. The van der Waals surface area contributed by atoms with Crippen LogP contribution in [-0.2, 0) is 9.47 Å². The number of likely N-dealkylation sites (tertiary alicyclic amines) is 1. The summed E-state index contributed by atoms with van der Waals surface area (Å²) in [5, 5.41) is 3.51. The summed E-state index contributed by atoms with van der Waals surface area (Å²) in [7, 11) is 1.70. The molecule has 124 valence electrons. The van der Waals surface area contributed by atoms with E-state index in [1.165, 1.54) is 25.7 Å². The molecule has 1 aliphatic heterocycles. The fraction of sp³-hybridized carbons (Fsp3) is 0.938. The largest absolute Gasteiger partial charge is 0.444 e. The predicted molar refractivity (Wildman–Crippen MR) is 84.5 cm³/mol. The van der Waals surface area contributed by atoms with E-state index < -0.39 is 5.60 Å². The Morgan fingerprint density at radius 3 is 2.52 bits per heavy atom. The van der Waals surface area contributed by atoms with Crippen LogP contribution in [0.3, 0.4) is 0 Å². The van der Waals surface area contributed by atoms with E-state index in [1.54, 1.807) is 12.0 Å². The van der Waals surface area contributed by atoms with Crippen LogP contribution >= 0.6 is 0 Å². The van der Waals surface area contributed by atoms with Gasteiger partial charge in [-0.2, -0.15) is 0 Å². The van der Waals surface area contributed by atoms with Crippen molar-refractivity contribution < 1.29 is 14.3 Å². The van der Waals surface area contributed by atoms with Gasteiger partial charge in [-0.1, -0.05) is 26.2 Å². The molecule has 1 amide bonds. The number of carbonyl (C=O) groups is 1. The molecule has 1 fully saturated rings. The molecule has 1 unspecified atom stereocenters. The fourth-order valence-corrected chi connectivity index (χ4v) is 2.52. The summed E-state index contributed by atoms with van der Waals surface area (Å²) in [6.07, 6.45) is 4.75. The van der Waals surface area contributed by atoms with Crippen molar-refractivity contribution >= 4 is 6.09 Å². The van der Waals surface area contributed by atoms with Crippen molar-refractivity contribution in [2.75, 3.05) is 26.7 Å². The van der Waals surface area contributed by atoms with Crippen molar-refractivity contribution in [1.82, 2.24) is 10.2 Å². The summed E-state index contributed by atoms with van der Waals surface area (Å²) < 4.78 is 10.9. The number of ether oxygens (including phenoxy) is 2. The second-order valence-corrected chi connectivity index (χ2v) is 6.78. The number of hydrogen-bond donors (Lipinski definition) is 1. The lowest BCUT2D eigenvalue weighted by Gasteiger charge is -2.24. The number of hydrogen-bond acceptors (Lipinski definition) is 4. The van der Waals surface area contributed by atoms with Crippen LogP contribution in [0.5, 0.6) is 0 Å². The maximum atomic E-state index is 12.1. The van der Waals surface area contributed by atoms with Crippen LogP contribution in [0.2, 0.25) is 0 Å². The SMILES string of the molecule is CCCCCCNC1CN(C(=O)OC(C)(C)C)C[C@@H]1OC. The molecule has 0 radical (unpaired) electrons. The van der Waals surface area contributed by atoms with Crippen molar-refractivity contribution in [1.29, 1.82) is 0 Å². The molecule has 0 spiro atoms. The van der Waals surface area contributed by atoms with Gasteiger partial charge in [0.05, 0.1) is 18.7 Å². The summed E-state index contributed by atoms with van der Waals surface area (Å²) in [5.41, 5.74) is -0.453. The first-order valence-electron chi connectivity index (χ1n) is 8.11. The summed E-state index contributed by atoms with van der Waals surface area (Å²) in [6.45, 7) is 10.1. The lowest BCUT2D eigenvalue weighted by molar-refractivity contribution is 0.0252. The minimum atomic E-state index is -0.453. The highest BCUT2D eigenvalue weighted by Gasteiger charge is 2.36. The third kappa shape index (κ3) is 6.66. The van der Waals surface area contributed by atoms with Gasteiger partial charge in [0, 0.05) is 13.7 Å². The number of rotatable bonds is 7. The van der Waals surface area contributed by atoms with Crippen molar-refractivity contribution in [3.8, 4) is 0 Å². The number of methoxy groups -OCH3 is 1. The summed E-state index contributed by atoms with van der Waals surface area (Å²) in [6, 6.07) is 0.198. The standard InChI is InChI=1S/C16H32N2O3/c1-6-7-8-9-10-17-13-11-18(12-14(13)20-5)15(19)21-16(2,3)4/h13-14,17H,6-12H2,1-5H3/t13?,14-/m0/s1. The average Bonchev–Trinajstić information content (AvgIpc) is 2.80. The number of carbonyl (C=O) groups excluding carboxylic acids is 1. The normalized spacial score (nSPS) is 22.6. The molecule has 1 heterocycles. The lowest BCUT2D eigenvalue weighted by atomic mass is 10.2. The van der Waals surface area contributed by atoms with Crippen LogP contribution in [-0.4, -0.2) is 55.5 Å². The second-order valence-electron chi connectivity index (χ2n) is 6.78. The molecule has 1 aliphatic rings. The van der Waals surface area contributed by atoms with Crippen LogP contribution in [0.1, 0.15) is 53.4 Å². The van der Waals surface area contributed by atoms with E-state index in [2.05, 4.69) is 12.2 Å². The minimum absolute atomic E-state index is 0.0451. The van der Waals surface area contributed by atoms with Gasteiger partial charge in [0.1, 0.15) is 5.60 Å². The molecule has 0 aromatic carbocycles. The smallest absolute Gasteiger partial charge is 0.410 e. The average molecular weight is 300 g/mol. The van der Waals surface area contributed by atoms with Crippen LogP contribution in [0.15, 0.2) is 0 Å². The van der Waals surface area contributed by atoms with Crippen LogP contribution in [0.4, 0.5) is 4.79 Å². The van der Waals surface area contributed by atoms with Crippen molar-refractivity contribution in [2.45, 2.75) is 71.1 Å². The van der Waals surface area contributed by atoms with E-state index in [0.717, 1.165) is 6.54 Å². The zero-order valence-corrected chi connectivity index (χ0v) is 14.3. The highest BCUT2D eigenvalue weighted by Crippen LogP contribution is 2.17. The van der Waals surface area contributed by atoms with Gasteiger partial charge in [-0.3, -0.25) is 0 Å². The molecule has 0 aliphatic carbocycles. The first-order chi connectivity index (χ1) is 9.87. The molecule has 0 saturated carbocycles. The Morgan fingerprint density at radius 1 is 1.24 bits per heavy atom. The zero-order valence-electron chi connectivity index (χ0n) is 14.3. The van der Waals surface area contributed by atoms with E-state index in [0.29, 0.717) is 13.1 Å². The molecule has 0 aromatic rings. The van der Waals surface area contributed by atoms with Gasteiger partial charge in [0.2, 0.25) is 0 Å². The van der Waals surface area contributed by atoms with E-state index in [-0.39, 0.29) is 18.2 Å². The molecule has 0 bridgehead atoms. The molecule has 5 heteroatoms. The maximum absolute atomic E-state index is 12.1. The monoisotopic (exact) mass is 300 g/mol. The molecule has 21 heavy (non-hydrogen) atoms. The Hall–Kier alpha value is -0.810. The Balaban J connectivity index is 2.38.